The van der Waals surface area contributed by atoms with E-state index in [4.69, 9.17) is 9.47 Å². The zero-order chi connectivity index (χ0) is 17.7. The van der Waals surface area contributed by atoms with Crippen molar-refractivity contribution in [2.24, 2.45) is 0 Å². The first-order valence-corrected chi connectivity index (χ1v) is 6.97. The fourth-order valence-electron chi connectivity index (χ4n) is 1.97. The summed E-state index contributed by atoms with van der Waals surface area (Å²) in [6.07, 6.45) is 0. The highest BCUT2D eigenvalue weighted by Gasteiger charge is 2.16. The molecule has 0 saturated heterocycles. The van der Waals surface area contributed by atoms with Crippen LogP contribution >= 0.6 is 0 Å². The molecular weight excluding hydrogens is 320 g/mol. The monoisotopic (exact) mass is 335 g/mol. The lowest BCUT2D eigenvalue weighted by Crippen LogP contribution is -2.21. The number of amides is 1. The second kappa shape index (κ2) is 7.54. The molecule has 126 valence electrons. The van der Waals surface area contributed by atoms with Crippen molar-refractivity contribution in [1.82, 2.24) is 0 Å². The van der Waals surface area contributed by atoms with Gasteiger partial charge >= 0.3 is 5.97 Å². The standard InChI is InChI=1S/C17H15F2NO4/c1-10-3-6-15(23-2)12(7-10)17(22)24-9-16(21)20-14-8-11(18)4-5-13(14)19/h3-8H,9H2,1-2H3,(H,20,21). The van der Waals surface area contributed by atoms with Gasteiger partial charge in [0.2, 0.25) is 0 Å². The van der Waals surface area contributed by atoms with Gasteiger partial charge in [0, 0.05) is 6.07 Å². The van der Waals surface area contributed by atoms with Gasteiger partial charge in [0.05, 0.1) is 12.8 Å². The van der Waals surface area contributed by atoms with Crippen LogP contribution in [0.2, 0.25) is 0 Å². The molecule has 0 saturated carbocycles. The van der Waals surface area contributed by atoms with Crippen LogP contribution < -0.4 is 10.1 Å². The quantitative estimate of drug-likeness (QED) is 0.853. The highest BCUT2D eigenvalue weighted by molar-refractivity contribution is 5.97. The predicted octanol–water partition coefficient (Wildman–Crippen LogP) is 3.08. The van der Waals surface area contributed by atoms with E-state index < -0.39 is 30.1 Å². The van der Waals surface area contributed by atoms with E-state index in [2.05, 4.69) is 5.32 Å². The molecule has 0 atom stereocenters. The number of ether oxygens (including phenoxy) is 2. The number of halogens is 2. The Balaban J connectivity index is 2.00. The largest absolute Gasteiger partial charge is 0.496 e. The number of carbonyl (C=O) groups is 2. The first-order valence-electron chi connectivity index (χ1n) is 6.97. The van der Waals surface area contributed by atoms with Gasteiger partial charge in [-0.2, -0.15) is 0 Å². The fraction of sp³-hybridized carbons (Fsp3) is 0.176. The Morgan fingerprint density at radius 1 is 1.12 bits per heavy atom. The van der Waals surface area contributed by atoms with Crippen LogP contribution in [0.3, 0.4) is 0 Å². The lowest BCUT2D eigenvalue weighted by atomic mass is 10.1. The van der Waals surface area contributed by atoms with Gasteiger partial charge in [-0.25, -0.2) is 13.6 Å². The van der Waals surface area contributed by atoms with Gasteiger partial charge in [0.25, 0.3) is 5.91 Å². The number of rotatable bonds is 5. The summed E-state index contributed by atoms with van der Waals surface area (Å²) in [5.41, 5.74) is 0.653. The summed E-state index contributed by atoms with van der Waals surface area (Å²) in [7, 11) is 1.40. The van der Waals surface area contributed by atoms with E-state index in [-0.39, 0.29) is 11.3 Å². The molecule has 5 nitrogen and oxygen atoms in total. The summed E-state index contributed by atoms with van der Waals surface area (Å²) in [6.45, 7) is 1.14. The summed E-state index contributed by atoms with van der Waals surface area (Å²) >= 11 is 0. The van der Waals surface area contributed by atoms with Crippen molar-refractivity contribution in [1.29, 1.82) is 0 Å². The molecule has 0 bridgehead atoms. The summed E-state index contributed by atoms with van der Waals surface area (Å²) < 4.78 is 36.4. The van der Waals surface area contributed by atoms with E-state index in [0.717, 1.165) is 23.8 Å². The Morgan fingerprint density at radius 2 is 1.88 bits per heavy atom. The van der Waals surface area contributed by atoms with Gasteiger partial charge < -0.3 is 14.8 Å². The molecule has 1 N–H and O–H groups in total. The number of esters is 1. The molecule has 7 heteroatoms. The molecule has 0 aliphatic rings. The Kier molecular flexibility index (Phi) is 5.47. The minimum atomic E-state index is -0.795. The van der Waals surface area contributed by atoms with Crippen LogP contribution in [0.1, 0.15) is 15.9 Å². The van der Waals surface area contributed by atoms with Crippen molar-refractivity contribution in [2.45, 2.75) is 6.92 Å². The molecule has 0 spiro atoms. The molecule has 2 rings (SSSR count). The highest BCUT2D eigenvalue weighted by atomic mass is 19.1. The smallest absolute Gasteiger partial charge is 0.342 e. The average Bonchev–Trinajstić information content (AvgIpc) is 2.56. The first-order chi connectivity index (χ1) is 11.4. The molecule has 0 fully saturated rings. The van der Waals surface area contributed by atoms with E-state index in [9.17, 15) is 18.4 Å². The molecule has 1 amide bonds. The molecule has 24 heavy (non-hydrogen) atoms. The number of anilines is 1. The maximum atomic E-state index is 13.4. The number of nitrogens with one attached hydrogen (secondary N) is 1. The SMILES string of the molecule is COc1ccc(C)cc1C(=O)OCC(=O)Nc1cc(F)ccc1F. The van der Waals surface area contributed by atoms with Crippen LogP contribution in [0.25, 0.3) is 0 Å². The summed E-state index contributed by atoms with van der Waals surface area (Å²) in [6, 6.07) is 7.57. The number of hydrogen-bond donors (Lipinski definition) is 1. The Morgan fingerprint density at radius 3 is 2.58 bits per heavy atom. The third-order valence-corrected chi connectivity index (χ3v) is 3.11. The molecule has 0 aliphatic carbocycles. The second-order valence-corrected chi connectivity index (χ2v) is 4.95. The molecule has 0 heterocycles. The topological polar surface area (TPSA) is 64.6 Å². The van der Waals surface area contributed by atoms with Crippen LogP contribution in [0.4, 0.5) is 14.5 Å². The minimum absolute atomic E-state index is 0.169. The first kappa shape index (κ1) is 17.4. The van der Waals surface area contributed by atoms with Gasteiger partial charge in [0.15, 0.2) is 6.61 Å². The van der Waals surface area contributed by atoms with E-state index in [1.165, 1.54) is 7.11 Å². The summed E-state index contributed by atoms with van der Waals surface area (Å²) in [5.74, 6) is -2.74. The number of aryl methyl sites for hydroxylation is 1. The molecule has 2 aromatic carbocycles. The number of benzene rings is 2. The van der Waals surface area contributed by atoms with Gasteiger partial charge in [-0.3, -0.25) is 4.79 Å². The maximum absolute atomic E-state index is 13.4. The third-order valence-electron chi connectivity index (χ3n) is 3.11. The van der Waals surface area contributed by atoms with Crippen LogP contribution in [0, 0.1) is 18.6 Å². The molecule has 0 radical (unpaired) electrons. The Bertz CT molecular complexity index is 777. The minimum Gasteiger partial charge on any atom is -0.496 e. The third kappa shape index (κ3) is 4.28. The van der Waals surface area contributed by atoms with E-state index >= 15 is 0 Å². The maximum Gasteiger partial charge on any atom is 0.342 e. The molecule has 0 unspecified atom stereocenters. The number of hydrogen-bond acceptors (Lipinski definition) is 4. The van der Waals surface area contributed by atoms with Crippen LogP contribution in [0.15, 0.2) is 36.4 Å². The van der Waals surface area contributed by atoms with Gasteiger partial charge in [-0.1, -0.05) is 11.6 Å². The highest BCUT2D eigenvalue weighted by Crippen LogP contribution is 2.20. The van der Waals surface area contributed by atoms with Crippen molar-refractivity contribution in [3.63, 3.8) is 0 Å². The van der Waals surface area contributed by atoms with Crippen molar-refractivity contribution in [3.05, 3.63) is 59.2 Å². The van der Waals surface area contributed by atoms with E-state index in [0.29, 0.717) is 5.75 Å². The lowest BCUT2D eigenvalue weighted by molar-refractivity contribution is -0.119. The van der Waals surface area contributed by atoms with Crippen LogP contribution in [-0.2, 0) is 9.53 Å². The van der Waals surface area contributed by atoms with Gasteiger partial charge in [-0.15, -0.1) is 0 Å². The van der Waals surface area contributed by atoms with Crippen molar-refractivity contribution < 1.29 is 27.8 Å². The summed E-state index contributed by atoms with van der Waals surface area (Å²) in [5, 5.41) is 2.14. The average molecular weight is 335 g/mol. The van der Waals surface area contributed by atoms with E-state index in [1.807, 2.05) is 0 Å². The Labute approximate surface area is 137 Å². The molecule has 0 aromatic heterocycles. The van der Waals surface area contributed by atoms with E-state index in [1.54, 1.807) is 25.1 Å². The van der Waals surface area contributed by atoms with Crippen molar-refractivity contribution >= 4 is 17.6 Å². The zero-order valence-corrected chi connectivity index (χ0v) is 13.1. The van der Waals surface area contributed by atoms with Gasteiger partial charge in [0.1, 0.15) is 22.9 Å². The fourth-order valence-corrected chi connectivity index (χ4v) is 1.97. The zero-order valence-electron chi connectivity index (χ0n) is 13.1. The molecular formula is C17H15F2NO4. The molecule has 0 aliphatic heterocycles. The number of methoxy groups -OCH3 is 1. The predicted molar refractivity (Wildman–Crippen MR) is 83.0 cm³/mol. The van der Waals surface area contributed by atoms with Crippen molar-refractivity contribution in [2.75, 3.05) is 19.0 Å². The molecule has 2 aromatic rings. The van der Waals surface area contributed by atoms with Crippen molar-refractivity contribution in [3.8, 4) is 5.75 Å². The Hall–Kier alpha value is -2.96. The van der Waals surface area contributed by atoms with Crippen LogP contribution in [-0.4, -0.2) is 25.6 Å². The number of carbonyl (C=O) groups excluding carboxylic acids is 2. The lowest BCUT2D eigenvalue weighted by Gasteiger charge is -2.10. The van der Waals surface area contributed by atoms with Crippen LogP contribution in [0.5, 0.6) is 5.75 Å². The normalized spacial score (nSPS) is 10.2. The second-order valence-electron chi connectivity index (χ2n) is 4.95. The van der Waals surface area contributed by atoms with Gasteiger partial charge in [-0.05, 0) is 31.2 Å². The summed E-state index contributed by atoms with van der Waals surface area (Å²) in [4.78, 5) is 23.8.